The molecule has 8 nitrogen and oxygen atoms in total. The molecular formula is C35H26Cl3F2N3O5S2. The van der Waals surface area contributed by atoms with Crippen LogP contribution in [0.2, 0.25) is 15.1 Å². The van der Waals surface area contributed by atoms with Gasteiger partial charge in [-0.05, 0) is 82.9 Å². The van der Waals surface area contributed by atoms with Crippen LogP contribution < -0.4 is 0 Å². The van der Waals surface area contributed by atoms with Gasteiger partial charge in [0.1, 0.15) is 22.6 Å². The third-order valence-electron chi connectivity index (χ3n) is 7.51. The molecule has 50 heavy (non-hydrogen) atoms. The minimum absolute atomic E-state index is 0.0126. The minimum Gasteiger partial charge on any atom is -0.505 e. The second-order valence-corrected chi connectivity index (χ2v) is 16.2. The third-order valence-corrected chi connectivity index (χ3v) is 11.8. The molecule has 0 aliphatic rings. The average Bonchev–Trinajstić information content (AvgIpc) is 3.07. The fourth-order valence-electron chi connectivity index (χ4n) is 5.13. The highest BCUT2D eigenvalue weighted by Crippen LogP contribution is 2.37. The van der Waals surface area contributed by atoms with E-state index < -0.39 is 42.3 Å². The van der Waals surface area contributed by atoms with E-state index in [9.17, 15) is 36.0 Å². The molecule has 1 N–H and O–H groups in total. The molecule has 0 unspecified atom stereocenters. The standard InChI is InChI=1S/C35H26Cl3F2N3O5S2/c36-28-14-25(21-42(49(45,46)31-4-2-1-3-5-31)20-24-8-11-33(40)27(13-24)18-41)12-26(15-28)22-43(19-23-6-9-30(39)10-7-23)50(47,48)34-17-29(37)16-32(38)35(34)44/h1-17,44H,19-22H2. The third kappa shape index (κ3) is 8.62. The Morgan fingerprint density at radius 3 is 1.80 bits per heavy atom. The van der Waals surface area contributed by atoms with Crippen LogP contribution in [0, 0.1) is 23.0 Å². The number of benzene rings is 5. The Kier molecular flexibility index (Phi) is 11.5. The number of phenols is 1. The molecule has 0 amide bonds. The molecule has 0 saturated heterocycles. The smallest absolute Gasteiger partial charge is 0.247 e. The zero-order valence-corrected chi connectivity index (χ0v) is 29.7. The van der Waals surface area contributed by atoms with Crippen LogP contribution in [0.3, 0.4) is 0 Å². The van der Waals surface area contributed by atoms with Gasteiger partial charge in [-0.3, -0.25) is 0 Å². The molecule has 0 aliphatic carbocycles. The van der Waals surface area contributed by atoms with Gasteiger partial charge in [-0.25, -0.2) is 25.6 Å². The van der Waals surface area contributed by atoms with Crippen molar-refractivity contribution in [2.45, 2.75) is 36.0 Å². The Hall–Kier alpha value is -4.06. The number of nitriles is 1. The number of phenolic OH excluding ortho intramolecular Hbond substituents is 1. The van der Waals surface area contributed by atoms with E-state index in [0.717, 1.165) is 20.7 Å². The molecule has 0 saturated carbocycles. The molecule has 0 spiro atoms. The minimum atomic E-state index is -4.53. The Bertz CT molecular complexity index is 2310. The Labute approximate surface area is 303 Å². The molecule has 0 atom stereocenters. The van der Waals surface area contributed by atoms with Gasteiger partial charge in [-0.1, -0.05) is 77.3 Å². The van der Waals surface area contributed by atoms with E-state index in [2.05, 4.69) is 0 Å². The lowest BCUT2D eigenvalue weighted by molar-refractivity contribution is 0.392. The van der Waals surface area contributed by atoms with Gasteiger partial charge in [0.2, 0.25) is 20.0 Å². The normalized spacial score (nSPS) is 12.0. The van der Waals surface area contributed by atoms with Gasteiger partial charge < -0.3 is 5.11 Å². The van der Waals surface area contributed by atoms with Crippen molar-refractivity contribution in [1.29, 1.82) is 5.26 Å². The van der Waals surface area contributed by atoms with Gasteiger partial charge in [0.15, 0.2) is 5.75 Å². The first-order valence-corrected chi connectivity index (χ1v) is 18.6. The largest absolute Gasteiger partial charge is 0.505 e. The lowest BCUT2D eigenvalue weighted by Gasteiger charge is -2.25. The van der Waals surface area contributed by atoms with E-state index in [0.29, 0.717) is 22.3 Å². The highest BCUT2D eigenvalue weighted by Gasteiger charge is 2.30. The molecule has 0 aliphatic heterocycles. The number of nitrogens with zero attached hydrogens (tertiary/aromatic N) is 3. The number of halogens is 5. The fraction of sp³-hybridized carbons (Fsp3) is 0.114. The average molecular weight is 777 g/mol. The monoisotopic (exact) mass is 775 g/mol. The lowest BCUT2D eigenvalue weighted by Crippen LogP contribution is -2.31. The molecule has 0 radical (unpaired) electrons. The topological polar surface area (TPSA) is 119 Å². The van der Waals surface area contributed by atoms with Crippen LogP contribution in [-0.2, 0) is 46.2 Å². The number of rotatable bonds is 12. The zero-order valence-electron chi connectivity index (χ0n) is 25.8. The Morgan fingerprint density at radius 1 is 0.640 bits per heavy atom. The SMILES string of the molecule is N#Cc1cc(CN(Cc2cc(Cl)cc(CN(Cc3ccc(F)cc3)S(=O)(=O)c3cc(Cl)cc(Cl)c3O)c2)S(=O)(=O)c2ccccc2)ccc1F. The summed E-state index contributed by atoms with van der Waals surface area (Å²) < 4.78 is 85.9. The zero-order chi connectivity index (χ0) is 36.2. The first-order chi connectivity index (χ1) is 23.7. The van der Waals surface area contributed by atoms with Crippen LogP contribution >= 0.6 is 34.8 Å². The second-order valence-electron chi connectivity index (χ2n) is 11.1. The van der Waals surface area contributed by atoms with Crippen LogP contribution in [0.15, 0.2) is 113 Å². The van der Waals surface area contributed by atoms with E-state index in [-0.39, 0.29) is 51.7 Å². The van der Waals surface area contributed by atoms with Gasteiger partial charge in [0.05, 0.1) is 15.5 Å². The van der Waals surface area contributed by atoms with E-state index in [1.807, 2.05) is 0 Å². The number of aromatic hydroxyl groups is 1. The molecule has 258 valence electrons. The fourth-order valence-corrected chi connectivity index (χ4v) is 9.01. The predicted octanol–water partition coefficient (Wildman–Crippen LogP) is 8.28. The predicted molar refractivity (Wildman–Crippen MR) is 186 cm³/mol. The van der Waals surface area contributed by atoms with Crippen molar-refractivity contribution < 1.29 is 30.7 Å². The second kappa shape index (κ2) is 15.4. The lowest BCUT2D eigenvalue weighted by atomic mass is 10.1. The van der Waals surface area contributed by atoms with E-state index in [1.165, 1.54) is 66.7 Å². The molecule has 0 bridgehead atoms. The van der Waals surface area contributed by atoms with Gasteiger partial charge in [-0.2, -0.15) is 13.9 Å². The molecular weight excluding hydrogens is 751 g/mol. The van der Waals surface area contributed by atoms with Crippen molar-refractivity contribution >= 4 is 54.8 Å². The highest BCUT2D eigenvalue weighted by atomic mass is 35.5. The van der Waals surface area contributed by atoms with Gasteiger partial charge >= 0.3 is 0 Å². The number of hydrogen-bond acceptors (Lipinski definition) is 6. The van der Waals surface area contributed by atoms with Crippen LogP contribution in [0.25, 0.3) is 0 Å². The van der Waals surface area contributed by atoms with Gasteiger partial charge in [0.25, 0.3) is 0 Å². The van der Waals surface area contributed by atoms with Crippen LogP contribution in [0.1, 0.15) is 27.8 Å². The molecule has 0 fully saturated rings. The first kappa shape index (κ1) is 37.2. The molecule has 5 aromatic rings. The number of sulfonamides is 2. The van der Waals surface area contributed by atoms with Crippen LogP contribution in [0.4, 0.5) is 8.78 Å². The maximum atomic E-state index is 14.1. The number of hydrogen-bond donors (Lipinski definition) is 1. The van der Waals surface area contributed by atoms with Gasteiger partial charge in [-0.15, -0.1) is 0 Å². The summed E-state index contributed by atoms with van der Waals surface area (Å²) in [5.41, 5.74) is 1.24. The molecule has 15 heteroatoms. The van der Waals surface area contributed by atoms with Crippen molar-refractivity contribution in [1.82, 2.24) is 8.61 Å². The summed E-state index contributed by atoms with van der Waals surface area (Å²) in [5.74, 6) is -1.99. The quantitative estimate of drug-likeness (QED) is 0.136. The summed E-state index contributed by atoms with van der Waals surface area (Å²) in [5, 5.41) is 19.8. The van der Waals surface area contributed by atoms with E-state index in [1.54, 1.807) is 30.3 Å². The van der Waals surface area contributed by atoms with Crippen molar-refractivity contribution in [3.05, 3.63) is 158 Å². The highest BCUT2D eigenvalue weighted by molar-refractivity contribution is 7.89. The Balaban J connectivity index is 1.55. The van der Waals surface area contributed by atoms with E-state index >= 15 is 0 Å². The summed E-state index contributed by atoms with van der Waals surface area (Å²) in [7, 11) is -8.70. The Morgan fingerprint density at radius 2 is 1.18 bits per heavy atom. The molecule has 0 aromatic heterocycles. The summed E-state index contributed by atoms with van der Waals surface area (Å²) in [6.45, 7) is -1.09. The molecule has 5 aromatic carbocycles. The van der Waals surface area contributed by atoms with Crippen LogP contribution in [-0.4, -0.2) is 30.6 Å². The molecule has 0 heterocycles. The summed E-state index contributed by atoms with van der Waals surface area (Å²) >= 11 is 18.7. The van der Waals surface area contributed by atoms with Crippen molar-refractivity contribution in [2.75, 3.05) is 0 Å². The summed E-state index contributed by atoms with van der Waals surface area (Å²) in [6, 6.07) is 25.1. The van der Waals surface area contributed by atoms with Crippen molar-refractivity contribution in [2.24, 2.45) is 0 Å². The van der Waals surface area contributed by atoms with Crippen molar-refractivity contribution in [3.63, 3.8) is 0 Å². The maximum absolute atomic E-state index is 14.1. The van der Waals surface area contributed by atoms with Gasteiger partial charge in [0, 0.05) is 36.2 Å². The maximum Gasteiger partial charge on any atom is 0.247 e. The van der Waals surface area contributed by atoms with Crippen LogP contribution in [0.5, 0.6) is 5.75 Å². The summed E-state index contributed by atoms with van der Waals surface area (Å²) in [4.78, 5) is -0.572. The molecule has 5 rings (SSSR count). The van der Waals surface area contributed by atoms with Crippen molar-refractivity contribution in [3.8, 4) is 11.8 Å². The summed E-state index contributed by atoms with van der Waals surface area (Å²) in [6.07, 6.45) is 0. The van der Waals surface area contributed by atoms with E-state index in [4.69, 9.17) is 34.8 Å². The first-order valence-electron chi connectivity index (χ1n) is 14.6.